The fraction of sp³-hybridized carbons (Fsp3) is 0.200. The third-order valence-electron chi connectivity index (χ3n) is 3.19. The molecule has 0 amide bonds. The zero-order valence-corrected chi connectivity index (χ0v) is 14.0. The van der Waals surface area contributed by atoms with Crippen LogP contribution in [-0.4, -0.2) is 27.3 Å². The molecule has 7 nitrogen and oxygen atoms in total. The Balaban J connectivity index is 2.40. The first-order chi connectivity index (χ1) is 11.3. The van der Waals surface area contributed by atoms with E-state index in [4.69, 9.17) is 25.9 Å². The van der Waals surface area contributed by atoms with Crippen LogP contribution in [0.2, 0.25) is 5.02 Å². The topological polar surface area (TPSA) is 117 Å². The van der Waals surface area contributed by atoms with Gasteiger partial charge in [0.15, 0.2) is 6.29 Å². The number of esters is 1. The molecule has 0 spiro atoms. The molecule has 9 heteroatoms. The van der Waals surface area contributed by atoms with E-state index in [-0.39, 0.29) is 15.5 Å². The molecule has 0 saturated heterocycles. The zero-order chi connectivity index (χ0) is 17.7. The lowest BCUT2D eigenvalue weighted by Crippen LogP contribution is -2.16. The van der Waals surface area contributed by atoms with Crippen LogP contribution in [0.15, 0.2) is 39.8 Å². The Labute approximate surface area is 143 Å². The molecule has 24 heavy (non-hydrogen) atoms. The molecule has 0 bridgehead atoms. The fourth-order valence-corrected chi connectivity index (χ4v) is 3.23. The van der Waals surface area contributed by atoms with E-state index in [0.717, 1.165) is 6.07 Å². The van der Waals surface area contributed by atoms with Crippen molar-refractivity contribution in [2.24, 2.45) is 5.14 Å². The van der Waals surface area contributed by atoms with Crippen molar-refractivity contribution in [3.63, 3.8) is 0 Å². The summed E-state index contributed by atoms with van der Waals surface area (Å²) in [4.78, 5) is 22.1. The van der Waals surface area contributed by atoms with E-state index in [1.165, 1.54) is 12.3 Å². The SMILES string of the molecule is NS(=O)(=O)c1cc(C(=O)OCC=O)c(CCc2ccco2)cc1Cl. The summed E-state index contributed by atoms with van der Waals surface area (Å²) >= 11 is 5.96. The number of aldehydes is 1. The van der Waals surface area contributed by atoms with Gasteiger partial charge in [-0.25, -0.2) is 18.4 Å². The van der Waals surface area contributed by atoms with E-state index in [1.54, 1.807) is 12.1 Å². The summed E-state index contributed by atoms with van der Waals surface area (Å²) < 4.78 is 33.1. The van der Waals surface area contributed by atoms with Crippen LogP contribution < -0.4 is 5.14 Å². The van der Waals surface area contributed by atoms with E-state index >= 15 is 0 Å². The fourth-order valence-electron chi connectivity index (χ4n) is 2.11. The van der Waals surface area contributed by atoms with Crippen LogP contribution in [0.5, 0.6) is 0 Å². The van der Waals surface area contributed by atoms with E-state index < -0.39 is 22.6 Å². The standard InChI is InChI=1S/C15H14ClNO6S/c16-13-8-10(3-4-11-2-1-6-22-11)12(15(19)23-7-5-18)9-14(13)24(17,20)21/h1-2,5-6,8-9H,3-4,7H2,(H2,17,20,21). The summed E-state index contributed by atoms with van der Waals surface area (Å²) in [5.74, 6) is -0.146. The number of benzene rings is 1. The number of hydrogen-bond donors (Lipinski definition) is 1. The third-order valence-corrected chi connectivity index (χ3v) is 4.56. The zero-order valence-electron chi connectivity index (χ0n) is 12.4. The van der Waals surface area contributed by atoms with Gasteiger partial charge in [-0.2, -0.15) is 0 Å². The van der Waals surface area contributed by atoms with Gasteiger partial charge in [-0.05, 0) is 36.2 Å². The smallest absolute Gasteiger partial charge is 0.338 e. The second-order valence-corrected chi connectivity index (χ2v) is 6.77. The average Bonchev–Trinajstić information content (AvgIpc) is 3.02. The lowest BCUT2D eigenvalue weighted by Gasteiger charge is -2.11. The number of nitrogens with two attached hydrogens (primary N) is 1. The molecular weight excluding hydrogens is 358 g/mol. The van der Waals surface area contributed by atoms with Gasteiger partial charge in [-0.3, -0.25) is 4.79 Å². The largest absolute Gasteiger partial charge is 0.469 e. The Morgan fingerprint density at radius 3 is 2.67 bits per heavy atom. The van der Waals surface area contributed by atoms with Gasteiger partial charge in [0.2, 0.25) is 10.0 Å². The molecule has 0 radical (unpaired) electrons. The van der Waals surface area contributed by atoms with Crippen molar-refractivity contribution >= 4 is 33.9 Å². The maximum absolute atomic E-state index is 12.1. The number of furan rings is 1. The van der Waals surface area contributed by atoms with Crippen molar-refractivity contribution in [2.75, 3.05) is 6.61 Å². The molecule has 1 heterocycles. The summed E-state index contributed by atoms with van der Waals surface area (Å²) in [5, 5.41) is 4.99. The number of sulfonamides is 1. The minimum absolute atomic E-state index is 0.0168. The lowest BCUT2D eigenvalue weighted by atomic mass is 10.0. The Bertz CT molecular complexity index is 845. The highest BCUT2D eigenvalue weighted by atomic mass is 35.5. The highest BCUT2D eigenvalue weighted by Crippen LogP contribution is 2.26. The van der Waals surface area contributed by atoms with Crippen LogP contribution in [0, 0.1) is 0 Å². The molecule has 0 fully saturated rings. The summed E-state index contributed by atoms with van der Waals surface area (Å²) in [7, 11) is -4.11. The van der Waals surface area contributed by atoms with Gasteiger partial charge < -0.3 is 9.15 Å². The number of carbonyl (C=O) groups is 2. The van der Waals surface area contributed by atoms with Crippen molar-refractivity contribution in [2.45, 2.75) is 17.7 Å². The van der Waals surface area contributed by atoms with Gasteiger partial charge in [0.05, 0.1) is 16.8 Å². The normalized spacial score (nSPS) is 11.2. The maximum atomic E-state index is 12.1. The van der Waals surface area contributed by atoms with Crippen LogP contribution in [0.25, 0.3) is 0 Å². The maximum Gasteiger partial charge on any atom is 0.338 e. The van der Waals surface area contributed by atoms with Crippen LogP contribution in [0.1, 0.15) is 21.7 Å². The van der Waals surface area contributed by atoms with Gasteiger partial charge in [0, 0.05) is 6.42 Å². The van der Waals surface area contributed by atoms with Crippen LogP contribution >= 0.6 is 11.6 Å². The summed E-state index contributed by atoms with van der Waals surface area (Å²) in [5.41, 5.74) is 0.441. The monoisotopic (exact) mass is 371 g/mol. The van der Waals surface area contributed by atoms with Gasteiger partial charge in [-0.15, -0.1) is 0 Å². The van der Waals surface area contributed by atoms with Crippen molar-refractivity contribution in [3.8, 4) is 0 Å². The predicted octanol–water partition coefficient (Wildman–Crippen LogP) is 1.72. The van der Waals surface area contributed by atoms with Gasteiger partial charge in [-0.1, -0.05) is 11.6 Å². The molecule has 2 N–H and O–H groups in total. The molecule has 0 aliphatic rings. The Morgan fingerprint density at radius 1 is 1.33 bits per heavy atom. The van der Waals surface area contributed by atoms with Crippen molar-refractivity contribution in [3.05, 3.63) is 52.4 Å². The molecule has 1 aromatic heterocycles. The van der Waals surface area contributed by atoms with E-state index in [2.05, 4.69) is 0 Å². The number of carbonyl (C=O) groups excluding carboxylic acids is 2. The number of halogens is 1. The van der Waals surface area contributed by atoms with Crippen molar-refractivity contribution in [1.29, 1.82) is 0 Å². The molecule has 0 unspecified atom stereocenters. The first-order valence-electron chi connectivity index (χ1n) is 6.81. The molecule has 2 aromatic rings. The first kappa shape index (κ1) is 18.2. The second kappa shape index (κ2) is 7.61. The predicted molar refractivity (Wildman–Crippen MR) is 85.3 cm³/mol. The van der Waals surface area contributed by atoms with E-state index in [1.807, 2.05) is 0 Å². The molecular formula is C15H14ClNO6S. The van der Waals surface area contributed by atoms with Crippen LogP contribution in [0.4, 0.5) is 0 Å². The molecule has 0 atom stereocenters. The van der Waals surface area contributed by atoms with Crippen LogP contribution in [-0.2, 0) is 32.4 Å². The van der Waals surface area contributed by atoms with Crippen LogP contribution in [0.3, 0.4) is 0 Å². The number of primary sulfonamides is 1. The molecule has 1 aromatic carbocycles. The Hall–Kier alpha value is -2.16. The molecule has 2 rings (SSSR count). The molecule has 0 aliphatic carbocycles. The van der Waals surface area contributed by atoms with Gasteiger partial charge in [0.1, 0.15) is 17.3 Å². The van der Waals surface area contributed by atoms with Crippen molar-refractivity contribution in [1.82, 2.24) is 0 Å². The highest BCUT2D eigenvalue weighted by Gasteiger charge is 2.21. The Kier molecular flexibility index (Phi) is 5.76. The summed E-state index contributed by atoms with van der Waals surface area (Å²) in [6.07, 6.45) is 2.75. The number of hydrogen-bond acceptors (Lipinski definition) is 6. The number of rotatable bonds is 7. The quantitative estimate of drug-likeness (QED) is 0.585. The van der Waals surface area contributed by atoms with E-state index in [9.17, 15) is 18.0 Å². The van der Waals surface area contributed by atoms with Gasteiger partial charge >= 0.3 is 5.97 Å². The number of aryl methyl sites for hydroxylation is 2. The van der Waals surface area contributed by atoms with Gasteiger partial charge in [0.25, 0.3) is 0 Å². The minimum atomic E-state index is -4.11. The summed E-state index contributed by atoms with van der Waals surface area (Å²) in [6.45, 7) is -0.441. The average molecular weight is 372 g/mol. The molecule has 128 valence electrons. The first-order valence-corrected chi connectivity index (χ1v) is 8.73. The molecule has 0 aliphatic heterocycles. The summed E-state index contributed by atoms with van der Waals surface area (Å²) in [6, 6.07) is 5.90. The minimum Gasteiger partial charge on any atom is -0.469 e. The van der Waals surface area contributed by atoms with E-state index in [0.29, 0.717) is 30.5 Å². The Morgan fingerprint density at radius 2 is 2.08 bits per heavy atom. The van der Waals surface area contributed by atoms with Crippen molar-refractivity contribution < 1.29 is 27.2 Å². The third kappa shape index (κ3) is 4.44. The highest BCUT2D eigenvalue weighted by molar-refractivity contribution is 7.89. The lowest BCUT2D eigenvalue weighted by molar-refractivity contribution is -0.110. The number of ether oxygens (including phenoxy) is 1. The molecule has 0 saturated carbocycles. The second-order valence-electron chi connectivity index (χ2n) is 4.83.